The van der Waals surface area contributed by atoms with Crippen molar-refractivity contribution in [1.82, 2.24) is 31.1 Å². The summed E-state index contributed by atoms with van der Waals surface area (Å²) in [5.41, 5.74) is 11.0. The van der Waals surface area contributed by atoms with Gasteiger partial charge in [-0.25, -0.2) is 4.79 Å². The number of carboxylic acids is 2. The normalized spacial score (nSPS) is 19.0. The van der Waals surface area contributed by atoms with E-state index in [4.69, 9.17) is 11.5 Å². The number of primary amides is 1. The van der Waals surface area contributed by atoms with Crippen LogP contribution in [0.5, 0.6) is 5.75 Å². The number of hydrogen-bond donors (Lipinski definition) is 9. The molecule has 0 saturated carbocycles. The van der Waals surface area contributed by atoms with Gasteiger partial charge in [-0.1, -0.05) is 12.1 Å². The molecule has 1 aromatic rings. The SMILES string of the molecule is C[C@H](NC(=O)[C@H](CC(=O)O)NC(=O)[C@H](Cc1ccc(O)cc1)NC(=O)CN)C(=O)N1CCC[C@H]1C(=O)N1CCC[C@H]1C(=O)N[C@@H](CC(N)=O)C(=O)O. The molecule has 20 nitrogen and oxygen atoms in total. The molecular weight excluding hydrogens is 688 g/mol. The number of benzene rings is 1. The summed E-state index contributed by atoms with van der Waals surface area (Å²) in [4.78, 5) is 116. The summed E-state index contributed by atoms with van der Waals surface area (Å²) < 4.78 is 0. The minimum atomic E-state index is -1.69. The molecule has 20 heteroatoms. The van der Waals surface area contributed by atoms with Crippen LogP contribution in [0.15, 0.2) is 24.3 Å². The van der Waals surface area contributed by atoms with E-state index in [0.717, 1.165) is 0 Å². The Hall–Kier alpha value is -5.79. The Bertz CT molecular complexity index is 1550. The minimum Gasteiger partial charge on any atom is -0.508 e. The maximum absolute atomic E-state index is 13.7. The molecule has 11 N–H and O–H groups in total. The van der Waals surface area contributed by atoms with E-state index in [0.29, 0.717) is 18.4 Å². The van der Waals surface area contributed by atoms with E-state index in [1.165, 1.54) is 41.0 Å². The highest BCUT2D eigenvalue weighted by Crippen LogP contribution is 2.26. The predicted octanol–water partition coefficient (Wildman–Crippen LogP) is -3.73. The zero-order chi connectivity index (χ0) is 38.7. The average molecular weight is 733 g/mol. The first-order chi connectivity index (χ1) is 24.5. The van der Waals surface area contributed by atoms with Crippen LogP contribution in [-0.4, -0.2) is 134 Å². The Kier molecular flexibility index (Phi) is 14.4. The van der Waals surface area contributed by atoms with Crippen LogP contribution < -0.4 is 32.7 Å². The van der Waals surface area contributed by atoms with E-state index in [-0.39, 0.29) is 38.1 Å². The molecule has 0 bridgehead atoms. The number of carbonyl (C=O) groups excluding carboxylic acids is 7. The zero-order valence-electron chi connectivity index (χ0n) is 28.4. The smallest absolute Gasteiger partial charge is 0.326 e. The fourth-order valence-corrected chi connectivity index (χ4v) is 6.06. The summed E-state index contributed by atoms with van der Waals surface area (Å²) in [6.07, 6.45) is -0.403. The van der Waals surface area contributed by atoms with Crippen molar-refractivity contribution in [2.75, 3.05) is 19.6 Å². The van der Waals surface area contributed by atoms with Crippen LogP contribution in [0.1, 0.15) is 51.0 Å². The average Bonchev–Trinajstić information content (AvgIpc) is 3.78. The number of amides is 7. The first kappa shape index (κ1) is 40.6. The number of aromatic hydroxyl groups is 1. The summed E-state index contributed by atoms with van der Waals surface area (Å²) in [5, 5.41) is 37.8. The number of aliphatic carboxylic acids is 2. The van der Waals surface area contributed by atoms with Crippen molar-refractivity contribution in [3.63, 3.8) is 0 Å². The van der Waals surface area contributed by atoms with Gasteiger partial charge < -0.3 is 57.9 Å². The third-order valence-corrected chi connectivity index (χ3v) is 8.63. The number of likely N-dealkylation sites (tertiary alicyclic amines) is 2. The number of nitrogens with zero attached hydrogens (tertiary/aromatic N) is 2. The van der Waals surface area contributed by atoms with Crippen LogP contribution in [0.3, 0.4) is 0 Å². The number of nitrogens with one attached hydrogen (secondary N) is 4. The van der Waals surface area contributed by atoms with Crippen molar-refractivity contribution in [3.05, 3.63) is 29.8 Å². The third kappa shape index (κ3) is 11.1. The van der Waals surface area contributed by atoms with Crippen LogP contribution >= 0.6 is 0 Å². The van der Waals surface area contributed by atoms with Gasteiger partial charge in [0.25, 0.3) is 0 Å². The van der Waals surface area contributed by atoms with E-state index >= 15 is 0 Å². The van der Waals surface area contributed by atoms with Crippen LogP contribution in [0.4, 0.5) is 0 Å². The number of carboxylic acid groups (broad SMARTS) is 2. The molecule has 6 atom stereocenters. The predicted molar refractivity (Wildman–Crippen MR) is 177 cm³/mol. The molecule has 2 saturated heterocycles. The topological polar surface area (TPSA) is 321 Å². The third-order valence-electron chi connectivity index (χ3n) is 8.63. The molecular formula is C32H44N8O12. The Morgan fingerprint density at radius 2 is 1.38 bits per heavy atom. The lowest BCUT2D eigenvalue weighted by Crippen LogP contribution is -2.59. The first-order valence-electron chi connectivity index (χ1n) is 16.5. The summed E-state index contributed by atoms with van der Waals surface area (Å²) >= 11 is 0. The Labute approximate surface area is 297 Å². The highest BCUT2D eigenvalue weighted by atomic mass is 16.4. The maximum Gasteiger partial charge on any atom is 0.326 e. The van der Waals surface area contributed by atoms with Crippen molar-refractivity contribution in [2.24, 2.45) is 11.5 Å². The summed E-state index contributed by atoms with van der Waals surface area (Å²) in [7, 11) is 0. The molecule has 2 heterocycles. The van der Waals surface area contributed by atoms with E-state index in [1.54, 1.807) is 0 Å². The molecule has 7 amide bonds. The number of hydrogen-bond acceptors (Lipinski definition) is 11. The molecule has 0 spiro atoms. The Morgan fingerprint density at radius 3 is 1.96 bits per heavy atom. The second-order valence-electron chi connectivity index (χ2n) is 12.5. The standard InChI is InChI=1S/C32H44N8O12/c1-16(35-27(46)20(14-26(44)45)37-28(47)19(36-25(43)15-33)12-17-6-8-18(41)9-7-17)30(49)40-11-3-5-23(40)31(50)39-10-2-4-22(39)29(48)38-21(32(51)52)13-24(34)42/h6-9,16,19-23,41H,2-5,10-15,33H2,1H3,(H2,34,42)(H,35,46)(H,36,43)(H,37,47)(H,38,48)(H,44,45)(H,51,52)/t16-,19-,20-,21-,22-,23-/m0/s1. The van der Waals surface area contributed by atoms with Gasteiger partial charge in [-0.15, -0.1) is 0 Å². The number of phenols is 1. The lowest BCUT2D eigenvalue weighted by atomic mass is 10.0. The lowest BCUT2D eigenvalue weighted by molar-refractivity contribution is -0.149. The van der Waals surface area contributed by atoms with Gasteiger partial charge >= 0.3 is 11.9 Å². The molecule has 2 aliphatic rings. The molecule has 284 valence electrons. The monoisotopic (exact) mass is 732 g/mol. The zero-order valence-corrected chi connectivity index (χ0v) is 28.4. The van der Waals surface area contributed by atoms with Crippen molar-refractivity contribution in [2.45, 2.75) is 88.1 Å². The summed E-state index contributed by atoms with van der Waals surface area (Å²) in [6.45, 7) is 1.11. The fourth-order valence-electron chi connectivity index (χ4n) is 6.06. The molecule has 1 aromatic carbocycles. The second-order valence-corrected chi connectivity index (χ2v) is 12.5. The maximum atomic E-state index is 13.7. The Balaban J connectivity index is 1.70. The summed E-state index contributed by atoms with van der Waals surface area (Å²) in [5.74, 6) is -8.66. The fraction of sp³-hybridized carbons (Fsp3) is 0.531. The van der Waals surface area contributed by atoms with Gasteiger partial charge in [0.05, 0.1) is 19.4 Å². The first-order valence-corrected chi connectivity index (χ1v) is 16.5. The quantitative estimate of drug-likeness (QED) is 0.0745. The number of rotatable bonds is 17. The van der Waals surface area contributed by atoms with Gasteiger partial charge in [0.1, 0.15) is 42.0 Å². The molecule has 0 radical (unpaired) electrons. The molecule has 0 aromatic heterocycles. The molecule has 3 rings (SSSR count). The highest BCUT2D eigenvalue weighted by Gasteiger charge is 2.44. The van der Waals surface area contributed by atoms with Crippen LogP contribution in [0, 0.1) is 0 Å². The molecule has 2 fully saturated rings. The van der Waals surface area contributed by atoms with Crippen LogP contribution in [0.2, 0.25) is 0 Å². The van der Waals surface area contributed by atoms with Gasteiger partial charge in [0.2, 0.25) is 41.4 Å². The van der Waals surface area contributed by atoms with E-state index < -0.39 is 109 Å². The van der Waals surface area contributed by atoms with Gasteiger partial charge in [0, 0.05) is 19.5 Å². The number of carbonyl (C=O) groups is 9. The minimum absolute atomic E-state index is 0.0424. The van der Waals surface area contributed by atoms with Gasteiger partial charge in [0.15, 0.2) is 0 Å². The van der Waals surface area contributed by atoms with Crippen molar-refractivity contribution >= 4 is 53.3 Å². The number of phenolic OH excluding ortho intramolecular Hbond substituents is 1. The van der Waals surface area contributed by atoms with Gasteiger partial charge in [-0.2, -0.15) is 0 Å². The second kappa shape index (κ2) is 18.4. The van der Waals surface area contributed by atoms with Crippen molar-refractivity contribution in [3.8, 4) is 5.75 Å². The van der Waals surface area contributed by atoms with Crippen LogP contribution in [-0.2, 0) is 49.6 Å². The molecule has 2 aliphatic heterocycles. The van der Waals surface area contributed by atoms with E-state index in [2.05, 4.69) is 21.3 Å². The lowest BCUT2D eigenvalue weighted by Gasteiger charge is -2.32. The van der Waals surface area contributed by atoms with E-state index in [1.807, 2.05) is 0 Å². The number of nitrogens with two attached hydrogens (primary N) is 2. The van der Waals surface area contributed by atoms with Crippen molar-refractivity contribution < 1.29 is 58.5 Å². The van der Waals surface area contributed by atoms with Crippen molar-refractivity contribution in [1.29, 1.82) is 0 Å². The summed E-state index contributed by atoms with van der Waals surface area (Å²) in [6, 6.07) is -2.27. The Morgan fingerprint density at radius 1 is 0.788 bits per heavy atom. The molecule has 0 aliphatic carbocycles. The van der Waals surface area contributed by atoms with Gasteiger partial charge in [-0.3, -0.25) is 38.4 Å². The molecule has 52 heavy (non-hydrogen) atoms. The largest absolute Gasteiger partial charge is 0.508 e. The molecule has 0 unspecified atom stereocenters. The highest BCUT2D eigenvalue weighted by molar-refractivity contribution is 5.98. The van der Waals surface area contributed by atoms with Gasteiger partial charge in [-0.05, 0) is 50.3 Å². The van der Waals surface area contributed by atoms with E-state index in [9.17, 15) is 58.5 Å². The van der Waals surface area contributed by atoms with Crippen LogP contribution in [0.25, 0.3) is 0 Å².